The predicted octanol–water partition coefficient (Wildman–Crippen LogP) is 3.56. The molecule has 7 heteroatoms. The van der Waals surface area contributed by atoms with Crippen LogP contribution in [0.3, 0.4) is 0 Å². The smallest absolute Gasteiger partial charge is 0.221 e. The number of thioether (sulfide) groups is 1. The molecule has 0 spiro atoms. The van der Waals surface area contributed by atoms with E-state index in [1.807, 2.05) is 36.0 Å². The van der Waals surface area contributed by atoms with Gasteiger partial charge in [0.1, 0.15) is 0 Å². The van der Waals surface area contributed by atoms with E-state index in [0.717, 1.165) is 42.6 Å². The van der Waals surface area contributed by atoms with Crippen LogP contribution in [0.4, 0.5) is 5.69 Å². The number of nitrogens with zero attached hydrogens (tertiary/aromatic N) is 2. The molecule has 1 aliphatic rings. The molecule has 0 bridgehead atoms. The molecule has 0 unspecified atom stereocenters. The van der Waals surface area contributed by atoms with Crippen molar-refractivity contribution in [1.82, 2.24) is 10.2 Å². The monoisotopic (exact) mass is 476 g/mol. The van der Waals surface area contributed by atoms with Crippen LogP contribution in [0.15, 0.2) is 29.3 Å². The highest BCUT2D eigenvalue weighted by atomic mass is 127. The van der Waals surface area contributed by atoms with Crippen LogP contribution in [0.2, 0.25) is 0 Å². The van der Waals surface area contributed by atoms with Crippen molar-refractivity contribution in [2.75, 3.05) is 30.7 Å². The van der Waals surface area contributed by atoms with E-state index in [-0.39, 0.29) is 34.6 Å². The van der Waals surface area contributed by atoms with Crippen molar-refractivity contribution < 1.29 is 4.79 Å². The molecular formula is C18H29IN4OS. The summed E-state index contributed by atoms with van der Waals surface area (Å²) in [5.74, 6) is 2.03. The molecule has 2 N–H and O–H groups in total. The number of anilines is 1. The van der Waals surface area contributed by atoms with Crippen molar-refractivity contribution in [3.63, 3.8) is 0 Å². The number of amides is 1. The van der Waals surface area contributed by atoms with Crippen molar-refractivity contribution in [2.45, 2.75) is 39.0 Å². The molecule has 0 radical (unpaired) electrons. The number of aliphatic imine (C=N–C) groups is 1. The third kappa shape index (κ3) is 7.43. The van der Waals surface area contributed by atoms with Gasteiger partial charge in [-0.2, -0.15) is 11.8 Å². The Labute approximate surface area is 172 Å². The molecule has 1 heterocycles. The first-order chi connectivity index (χ1) is 11.4. The fraction of sp³-hybridized carbons (Fsp3) is 0.556. The van der Waals surface area contributed by atoms with Crippen molar-refractivity contribution in [3.8, 4) is 0 Å². The number of carbonyl (C=O) groups excluding carboxylic acids is 1. The lowest BCUT2D eigenvalue weighted by Crippen LogP contribution is -2.50. The number of benzene rings is 1. The first-order valence-electron chi connectivity index (χ1n) is 8.43. The van der Waals surface area contributed by atoms with E-state index in [1.165, 1.54) is 6.92 Å². The van der Waals surface area contributed by atoms with Crippen molar-refractivity contribution in [2.24, 2.45) is 4.99 Å². The van der Waals surface area contributed by atoms with E-state index >= 15 is 0 Å². The van der Waals surface area contributed by atoms with Crippen LogP contribution in [0.5, 0.6) is 0 Å². The zero-order valence-corrected chi connectivity index (χ0v) is 18.6. The fourth-order valence-electron chi connectivity index (χ4n) is 2.74. The third-order valence-corrected chi connectivity index (χ3v) is 5.02. The average Bonchev–Trinajstić information content (AvgIpc) is 2.50. The summed E-state index contributed by atoms with van der Waals surface area (Å²) in [5, 5.41) is 6.22. The Kier molecular flexibility index (Phi) is 9.06. The average molecular weight is 476 g/mol. The molecular weight excluding hydrogens is 447 g/mol. The summed E-state index contributed by atoms with van der Waals surface area (Å²) >= 11 is 2.02. The summed E-state index contributed by atoms with van der Waals surface area (Å²) in [6, 6.07) is 7.85. The topological polar surface area (TPSA) is 56.7 Å². The molecule has 0 saturated carbocycles. The molecule has 5 nitrogen and oxygen atoms in total. The van der Waals surface area contributed by atoms with E-state index in [9.17, 15) is 4.79 Å². The van der Waals surface area contributed by atoms with Gasteiger partial charge in [0.15, 0.2) is 5.96 Å². The van der Waals surface area contributed by atoms with Gasteiger partial charge in [-0.25, -0.2) is 4.99 Å². The van der Waals surface area contributed by atoms with Gasteiger partial charge in [0.25, 0.3) is 0 Å². The first-order valence-corrected chi connectivity index (χ1v) is 9.42. The van der Waals surface area contributed by atoms with E-state index in [2.05, 4.69) is 36.3 Å². The normalized spacial score (nSPS) is 16.8. The van der Waals surface area contributed by atoms with Crippen molar-refractivity contribution >= 4 is 53.3 Å². The number of carbonyl (C=O) groups is 1. The standard InChI is InChI=1S/C18H28N4OS.HI/c1-5-19-17(22-9-10-24-18(3,4)13-22)20-12-15-7-6-8-16(11-15)21-14(2)23;/h6-8,11H,5,9-10,12-13H2,1-4H3,(H,19,20)(H,21,23);1H. The van der Waals surface area contributed by atoms with Gasteiger partial charge in [0.05, 0.1) is 6.54 Å². The number of nitrogens with one attached hydrogen (secondary N) is 2. The van der Waals surface area contributed by atoms with Gasteiger partial charge >= 0.3 is 0 Å². The minimum atomic E-state index is -0.0583. The van der Waals surface area contributed by atoms with E-state index < -0.39 is 0 Å². The number of guanidine groups is 1. The van der Waals surface area contributed by atoms with Gasteiger partial charge in [0.2, 0.25) is 5.91 Å². The zero-order chi connectivity index (χ0) is 17.6. The second-order valence-electron chi connectivity index (χ2n) is 6.58. The van der Waals surface area contributed by atoms with Crippen LogP contribution in [0.25, 0.3) is 0 Å². The predicted molar refractivity (Wildman–Crippen MR) is 119 cm³/mol. The summed E-state index contributed by atoms with van der Waals surface area (Å²) in [6.07, 6.45) is 0. The van der Waals surface area contributed by atoms with Gasteiger partial charge < -0.3 is 15.5 Å². The highest BCUT2D eigenvalue weighted by Gasteiger charge is 2.28. The summed E-state index contributed by atoms with van der Waals surface area (Å²) in [7, 11) is 0. The molecule has 0 aliphatic carbocycles. The molecule has 2 rings (SSSR count). The third-order valence-electron chi connectivity index (χ3n) is 3.72. The lowest BCUT2D eigenvalue weighted by atomic mass is 10.2. The minimum Gasteiger partial charge on any atom is -0.357 e. The molecule has 140 valence electrons. The molecule has 1 aromatic rings. The Morgan fingerprint density at radius 1 is 1.40 bits per heavy atom. The van der Waals surface area contributed by atoms with Crippen molar-refractivity contribution in [3.05, 3.63) is 29.8 Å². The van der Waals surface area contributed by atoms with Crippen LogP contribution in [-0.4, -0.2) is 46.9 Å². The maximum absolute atomic E-state index is 11.2. The Morgan fingerprint density at radius 2 is 2.16 bits per heavy atom. The molecule has 1 saturated heterocycles. The molecule has 0 atom stereocenters. The first kappa shape index (κ1) is 22.1. The highest BCUT2D eigenvalue weighted by Crippen LogP contribution is 2.29. The second-order valence-corrected chi connectivity index (χ2v) is 8.38. The zero-order valence-electron chi connectivity index (χ0n) is 15.5. The van der Waals surface area contributed by atoms with Gasteiger partial charge in [-0.1, -0.05) is 12.1 Å². The second kappa shape index (κ2) is 10.3. The number of hydrogen-bond acceptors (Lipinski definition) is 3. The maximum Gasteiger partial charge on any atom is 0.221 e. The largest absolute Gasteiger partial charge is 0.357 e. The van der Waals surface area contributed by atoms with Crippen molar-refractivity contribution in [1.29, 1.82) is 0 Å². The van der Waals surface area contributed by atoms with Gasteiger partial charge in [0, 0.05) is 42.7 Å². The van der Waals surface area contributed by atoms with Crippen LogP contribution >= 0.6 is 35.7 Å². The fourth-order valence-corrected chi connectivity index (χ4v) is 3.85. The minimum absolute atomic E-state index is 0. The lowest BCUT2D eigenvalue weighted by Gasteiger charge is -2.39. The highest BCUT2D eigenvalue weighted by molar-refractivity contribution is 14.0. The van der Waals surface area contributed by atoms with Gasteiger partial charge in [-0.05, 0) is 38.5 Å². The Hall–Kier alpha value is -0.960. The van der Waals surface area contributed by atoms with Gasteiger partial charge in [-0.3, -0.25) is 4.79 Å². The van der Waals surface area contributed by atoms with Gasteiger partial charge in [-0.15, -0.1) is 24.0 Å². The van der Waals surface area contributed by atoms with Crippen LogP contribution in [0.1, 0.15) is 33.3 Å². The Balaban J connectivity index is 0.00000312. The summed E-state index contributed by atoms with van der Waals surface area (Å²) in [6.45, 7) is 11.6. The van der Waals surface area contributed by atoms with Crippen LogP contribution < -0.4 is 10.6 Å². The Morgan fingerprint density at radius 3 is 2.80 bits per heavy atom. The quantitative estimate of drug-likeness (QED) is 0.397. The molecule has 25 heavy (non-hydrogen) atoms. The number of hydrogen-bond donors (Lipinski definition) is 2. The molecule has 1 aliphatic heterocycles. The Bertz CT molecular complexity index is 606. The lowest BCUT2D eigenvalue weighted by molar-refractivity contribution is -0.114. The van der Waals surface area contributed by atoms with Crippen LogP contribution in [-0.2, 0) is 11.3 Å². The molecule has 1 amide bonds. The number of rotatable bonds is 4. The molecule has 0 aromatic heterocycles. The summed E-state index contributed by atoms with van der Waals surface area (Å²) in [5.41, 5.74) is 1.90. The van der Waals surface area contributed by atoms with E-state index in [0.29, 0.717) is 6.54 Å². The van der Waals surface area contributed by atoms with Crippen LogP contribution in [0, 0.1) is 0 Å². The molecule has 1 fully saturated rings. The SMILES string of the molecule is CCNC(=NCc1cccc(NC(C)=O)c1)N1CCSC(C)(C)C1.I. The number of halogens is 1. The maximum atomic E-state index is 11.2. The molecule has 1 aromatic carbocycles. The van der Waals surface area contributed by atoms with E-state index in [4.69, 9.17) is 4.99 Å². The summed E-state index contributed by atoms with van der Waals surface area (Å²) in [4.78, 5) is 18.3. The summed E-state index contributed by atoms with van der Waals surface area (Å²) < 4.78 is 0.250. The van der Waals surface area contributed by atoms with E-state index in [1.54, 1.807) is 0 Å².